The fraction of sp³-hybridized carbons (Fsp3) is 0.0682. The summed E-state index contributed by atoms with van der Waals surface area (Å²) in [5.41, 5.74) is 32.2. The zero-order valence-electron chi connectivity index (χ0n) is 50.6. The molecular formula is C88H60N2. The van der Waals surface area contributed by atoms with Crippen molar-refractivity contribution >= 4 is 77.2 Å². The van der Waals surface area contributed by atoms with E-state index in [4.69, 9.17) is 0 Å². The molecule has 0 radical (unpaired) electrons. The third-order valence-corrected chi connectivity index (χ3v) is 20.9. The van der Waals surface area contributed by atoms with Crippen LogP contribution in [0, 0.1) is 0 Å². The average Bonchev–Trinajstić information content (AvgIpc) is 1.16. The Bertz CT molecular complexity index is 5200. The van der Waals surface area contributed by atoms with Crippen LogP contribution in [-0.2, 0) is 10.8 Å². The van der Waals surface area contributed by atoms with Gasteiger partial charge in [-0.3, -0.25) is 0 Å². The van der Waals surface area contributed by atoms with Gasteiger partial charge in [0.2, 0.25) is 0 Å². The number of benzene rings is 15. The lowest BCUT2D eigenvalue weighted by atomic mass is 9.82. The zero-order valence-corrected chi connectivity index (χ0v) is 50.6. The van der Waals surface area contributed by atoms with Crippen LogP contribution in [0.5, 0.6) is 0 Å². The fourth-order valence-electron chi connectivity index (χ4n) is 16.8. The number of para-hydroxylation sites is 2. The second-order valence-electron chi connectivity index (χ2n) is 26.2. The molecule has 90 heavy (non-hydrogen) atoms. The summed E-state index contributed by atoms with van der Waals surface area (Å²) in [6, 6.07) is 111. The summed E-state index contributed by atoms with van der Waals surface area (Å²) < 4.78 is 0. The van der Waals surface area contributed by atoms with Crippen LogP contribution in [0.1, 0.15) is 49.9 Å². The molecule has 0 unspecified atom stereocenters. The lowest BCUT2D eigenvalue weighted by molar-refractivity contribution is 0.660. The van der Waals surface area contributed by atoms with Crippen molar-refractivity contribution in [3.63, 3.8) is 0 Å². The summed E-state index contributed by atoms with van der Waals surface area (Å²) in [4.78, 5) is 4.98. The minimum atomic E-state index is -0.178. The van der Waals surface area contributed by atoms with E-state index >= 15 is 0 Å². The van der Waals surface area contributed by atoms with Crippen LogP contribution in [0.4, 0.5) is 34.1 Å². The highest BCUT2D eigenvalue weighted by Gasteiger charge is 2.38. The minimum absolute atomic E-state index is 0.178. The van der Waals surface area contributed by atoms with E-state index in [0.717, 1.165) is 34.1 Å². The van der Waals surface area contributed by atoms with Crippen molar-refractivity contribution in [1.29, 1.82) is 0 Å². The second kappa shape index (κ2) is 18.7. The monoisotopic (exact) mass is 1140 g/mol. The van der Waals surface area contributed by atoms with Gasteiger partial charge in [0, 0.05) is 45.0 Å². The Balaban J connectivity index is 0.930. The Morgan fingerprint density at radius 1 is 0.189 bits per heavy atom. The van der Waals surface area contributed by atoms with E-state index in [1.165, 1.54) is 154 Å². The molecule has 19 rings (SSSR count). The number of fused-ring (bicyclic) bond motifs is 14. The molecule has 2 nitrogen and oxygen atoms in total. The fourth-order valence-corrected chi connectivity index (χ4v) is 16.8. The van der Waals surface area contributed by atoms with Gasteiger partial charge in [0.15, 0.2) is 0 Å². The zero-order chi connectivity index (χ0) is 59.7. The van der Waals surface area contributed by atoms with Crippen molar-refractivity contribution in [3.8, 4) is 89.0 Å². The van der Waals surface area contributed by atoms with Crippen LogP contribution in [0.3, 0.4) is 0 Å². The number of rotatable bonds is 8. The summed E-state index contributed by atoms with van der Waals surface area (Å²) in [6.45, 7) is 9.53. The van der Waals surface area contributed by atoms with Crippen LogP contribution < -0.4 is 9.80 Å². The lowest BCUT2D eigenvalue weighted by Gasteiger charge is -2.30. The van der Waals surface area contributed by atoms with E-state index < -0.39 is 0 Å². The molecular weight excluding hydrogens is 1080 g/mol. The van der Waals surface area contributed by atoms with Crippen molar-refractivity contribution in [3.05, 3.63) is 313 Å². The minimum Gasteiger partial charge on any atom is -0.310 e. The molecule has 2 heteroatoms. The highest BCUT2D eigenvalue weighted by molar-refractivity contribution is 6.30. The second-order valence-corrected chi connectivity index (χ2v) is 26.2. The molecule has 15 aromatic carbocycles. The summed E-state index contributed by atoms with van der Waals surface area (Å²) in [5, 5.41) is 9.91. The van der Waals surface area contributed by atoms with Gasteiger partial charge in [0.25, 0.3) is 0 Å². The van der Waals surface area contributed by atoms with Gasteiger partial charge in [0.1, 0.15) is 0 Å². The molecule has 0 bridgehead atoms. The Morgan fingerprint density at radius 3 is 0.900 bits per heavy atom. The Labute approximate surface area is 524 Å². The highest BCUT2D eigenvalue weighted by atomic mass is 15.1. The van der Waals surface area contributed by atoms with Gasteiger partial charge >= 0.3 is 0 Å². The molecule has 0 atom stereocenters. The van der Waals surface area contributed by atoms with E-state index in [1.807, 2.05) is 0 Å². The van der Waals surface area contributed by atoms with Crippen LogP contribution in [0.2, 0.25) is 0 Å². The molecule has 0 amide bonds. The highest BCUT2D eigenvalue weighted by Crippen LogP contribution is 2.58. The molecule has 15 aromatic rings. The molecule has 0 aromatic heterocycles. The van der Waals surface area contributed by atoms with Gasteiger partial charge in [-0.1, -0.05) is 246 Å². The molecule has 0 fully saturated rings. The van der Waals surface area contributed by atoms with E-state index in [1.54, 1.807) is 0 Å². The van der Waals surface area contributed by atoms with Crippen molar-refractivity contribution in [2.75, 3.05) is 9.80 Å². The molecule has 0 N–H and O–H groups in total. The maximum absolute atomic E-state index is 2.52. The van der Waals surface area contributed by atoms with Gasteiger partial charge < -0.3 is 9.80 Å². The first-order valence-corrected chi connectivity index (χ1v) is 31.7. The van der Waals surface area contributed by atoms with E-state index in [-0.39, 0.29) is 10.8 Å². The maximum Gasteiger partial charge on any atom is 0.0468 e. The molecule has 0 aliphatic heterocycles. The van der Waals surface area contributed by atoms with Gasteiger partial charge in [0.05, 0.1) is 0 Å². The van der Waals surface area contributed by atoms with Crippen LogP contribution >= 0.6 is 0 Å². The standard InChI is InChI=1S/C88H60N2/c1-87(2)79-35-17-15-29-63(79)65-41-37-57(51-81(65)87)89(53-21-7-5-8-22-53)55-39-43-75-77(49-55)85(73-47-45-71-61-27-13-11-25-59(61)67-31-19-33-69(73)83(67)71)76-44-40-56(50-78(76)86(75)74-48-46-72-62-28-14-12-26-60(62)68-32-20-34-70(74)84(68)72)90(54-23-9-6-10-24-54)58-38-42-66-64-30-16-18-36-80(64)88(3,4)82(66)52-58/h5-52H,1-4H3. The first-order valence-electron chi connectivity index (χ1n) is 31.7. The molecule has 0 spiro atoms. The summed E-state index contributed by atoms with van der Waals surface area (Å²) >= 11 is 0. The van der Waals surface area contributed by atoms with Gasteiger partial charge in [-0.15, -0.1) is 0 Å². The van der Waals surface area contributed by atoms with Gasteiger partial charge in [-0.25, -0.2) is 0 Å². The number of anilines is 6. The van der Waals surface area contributed by atoms with Crippen molar-refractivity contribution in [1.82, 2.24) is 0 Å². The van der Waals surface area contributed by atoms with Crippen molar-refractivity contribution < 1.29 is 0 Å². The SMILES string of the molecule is CC1(C)c2ccccc2-c2ccc(N(c3ccccc3)c3ccc4c(-c5ccc6c7c(cccc57)-c5ccccc5-6)c5cc(N(c6ccccc6)c6ccc7c(c6)C(C)(C)c6ccccc6-7)ccc5c(-c5ccc6c7c(cccc57)-c5ccccc5-6)c4c3)cc21. The Morgan fingerprint density at radius 2 is 0.489 bits per heavy atom. The van der Waals surface area contributed by atoms with E-state index in [0.29, 0.717) is 0 Å². The smallest absolute Gasteiger partial charge is 0.0468 e. The molecule has 4 aliphatic carbocycles. The number of hydrogen-bond acceptors (Lipinski definition) is 2. The van der Waals surface area contributed by atoms with E-state index in [9.17, 15) is 0 Å². The average molecular weight is 1150 g/mol. The Kier molecular flexibility index (Phi) is 10.6. The summed E-state index contributed by atoms with van der Waals surface area (Å²) in [5.74, 6) is 0. The van der Waals surface area contributed by atoms with Crippen molar-refractivity contribution in [2.45, 2.75) is 38.5 Å². The maximum atomic E-state index is 2.52. The van der Waals surface area contributed by atoms with Crippen LogP contribution in [0.25, 0.3) is 132 Å². The van der Waals surface area contributed by atoms with Crippen LogP contribution in [-0.4, -0.2) is 0 Å². The Hall–Kier alpha value is -11.1. The molecule has 0 saturated carbocycles. The van der Waals surface area contributed by atoms with Gasteiger partial charge in [-0.2, -0.15) is 0 Å². The largest absolute Gasteiger partial charge is 0.310 e. The molecule has 422 valence electrons. The third-order valence-electron chi connectivity index (χ3n) is 20.9. The molecule has 0 saturated heterocycles. The lowest BCUT2D eigenvalue weighted by Crippen LogP contribution is -2.16. The van der Waals surface area contributed by atoms with E-state index in [2.05, 4.69) is 329 Å². The predicted molar refractivity (Wildman–Crippen MR) is 381 cm³/mol. The van der Waals surface area contributed by atoms with Gasteiger partial charge in [-0.05, 0) is 227 Å². The predicted octanol–water partition coefficient (Wildman–Crippen LogP) is 24.5. The third kappa shape index (κ3) is 7.05. The summed E-state index contributed by atoms with van der Waals surface area (Å²) in [7, 11) is 0. The first-order chi connectivity index (χ1) is 44.2. The number of hydrogen-bond donors (Lipinski definition) is 0. The first kappa shape index (κ1) is 51.0. The molecule has 0 heterocycles. The molecule has 4 aliphatic rings. The normalized spacial score (nSPS) is 13.7. The summed E-state index contributed by atoms with van der Waals surface area (Å²) in [6.07, 6.45) is 0. The van der Waals surface area contributed by atoms with Crippen molar-refractivity contribution in [2.24, 2.45) is 0 Å². The topological polar surface area (TPSA) is 6.48 Å². The quantitative estimate of drug-likeness (QED) is 0.140. The number of nitrogens with zero attached hydrogens (tertiary/aromatic N) is 2. The van der Waals surface area contributed by atoms with Crippen LogP contribution in [0.15, 0.2) is 291 Å².